The van der Waals surface area contributed by atoms with Gasteiger partial charge in [-0.05, 0) is 38.8 Å². The number of hydrogen-bond donors (Lipinski definition) is 1. The second-order valence-electron chi connectivity index (χ2n) is 5.62. The van der Waals surface area contributed by atoms with E-state index in [4.69, 9.17) is 4.74 Å². The summed E-state index contributed by atoms with van der Waals surface area (Å²) in [6.45, 7) is 2.07. The van der Waals surface area contributed by atoms with Crippen molar-refractivity contribution in [1.29, 1.82) is 0 Å². The first-order chi connectivity index (χ1) is 9.19. The van der Waals surface area contributed by atoms with Crippen LogP contribution in [0.25, 0.3) is 0 Å². The molecule has 1 N–H and O–H groups in total. The molecule has 0 aromatic heterocycles. The van der Waals surface area contributed by atoms with Crippen molar-refractivity contribution in [2.24, 2.45) is 5.92 Å². The lowest BCUT2D eigenvalue weighted by atomic mass is 9.97. The number of piperidine rings is 1. The number of carbonyl (C=O) groups excluding carboxylic acids is 2. The highest BCUT2D eigenvalue weighted by atomic mass is 16.5. The van der Waals surface area contributed by atoms with Gasteiger partial charge in [0.15, 0.2) is 0 Å². The zero-order valence-corrected chi connectivity index (χ0v) is 11.7. The Morgan fingerprint density at radius 2 is 1.79 bits per heavy atom. The fraction of sp³-hybridized carbons (Fsp3) is 0.857. The average molecular weight is 268 g/mol. The molecular formula is C14H24N2O3. The number of amides is 1. The molecule has 1 saturated carbocycles. The molecule has 0 atom stereocenters. The van der Waals surface area contributed by atoms with Gasteiger partial charge in [-0.25, -0.2) is 0 Å². The van der Waals surface area contributed by atoms with E-state index < -0.39 is 0 Å². The van der Waals surface area contributed by atoms with Crippen LogP contribution >= 0.6 is 0 Å². The summed E-state index contributed by atoms with van der Waals surface area (Å²) in [6, 6.07) is 0.389. The summed E-state index contributed by atoms with van der Waals surface area (Å²) in [4.78, 5) is 25.4. The molecule has 0 radical (unpaired) electrons. The predicted octanol–water partition coefficient (Wildman–Crippen LogP) is 0.930. The van der Waals surface area contributed by atoms with Gasteiger partial charge in [0.25, 0.3) is 0 Å². The smallest absolute Gasteiger partial charge is 0.308 e. The number of nitrogens with one attached hydrogen (secondary N) is 1. The first kappa shape index (κ1) is 14.3. The Hall–Kier alpha value is -1.10. The highest BCUT2D eigenvalue weighted by Crippen LogP contribution is 2.19. The maximum absolute atomic E-state index is 11.9. The van der Waals surface area contributed by atoms with E-state index in [1.807, 2.05) is 0 Å². The summed E-state index contributed by atoms with van der Waals surface area (Å²) < 4.78 is 4.76. The van der Waals surface area contributed by atoms with Gasteiger partial charge in [0, 0.05) is 6.04 Å². The Balaban J connectivity index is 1.67. The largest absolute Gasteiger partial charge is 0.469 e. The van der Waals surface area contributed by atoms with Gasteiger partial charge < -0.3 is 10.1 Å². The number of rotatable bonds is 4. The second-order valence-corrected chi connectivity index (χ2v) is 5.62. The molecule has 2 fully saturated rings. The van der Waals surface area contributed by atoms with Crippen LogP contribution in [-0.2, 0) is 14.3 Å². The van der Waals surface area contributed by atoms with Crippen molar-refractivity contribution in [3.8, 4) is 0 Å². The van der Waals surface area contributed by atoms with E-state index in [-0.39, 0.29) is 17.8 Å². The first-order valence-corrected chi connectivity index (χ1v) is 7.28. The summed E-state index contributed by atoms with van der Waals surface area (Å²) in [5, 5.41) is 3.10. The van der Waals surface area contributed by atoms with E-state index in [1.54, 1.807) is 0 Å². The lowest BCUT2D eigenvalue weighted by molar-refractivity contribution is -0.147. The zero-order valence-electron chi connectivity index (χ0n) is 11.7. The molecule has 5 heteroatoms. The number of hydrogen-bond acceptors (Lipinski definition) is 4. The number of esters is 1. The van der Waals surface area contributed by atoms with Crippen LogP contribution in [0.5, 0.6) is 0 Å². The van der Waals surface area contributed by atoms with Gasteiger partial charge in [0.05, 0.1) is 19.6 Å². The Kier molecular flexibility index (Phi) is 5.19. The molecule has 1 heterocycles. The summed E-state index contributed by atoms with van der Waals surface area (Å²) in [6.07, 6.45) is 6.30. The third-order valence-electron chi connectivity index (χ3n) is 4.21. The van der Waals surface area contributed by atoms with Crippen LogP contribution in [-0.4, -0.2) is 49.6 Å². The lowest BCUT2D eigenvalue weighted by Crippen LogP contribution is -2.44. The number of methoxy groups -OCH3 is 1. The van der Waals surface area contributed by atoms with Gasteiger partial charge in [-0.2, -0.15) is 0 Å². The zero-order chi connectivity index (χ0) is 13.7. The molecule has 0 spiro atoms. The second kappa shape index (κ2) is 6.89. The van der Waals surface area contributed by atoms with Crippen LogP contribution in [0.2, 0.25) is 0 Å². The topological polar surface area (TPSA) is 58.6 Å². The summed E-state index contributed by atoms with van der Waals surface area (Å²) in [7, 11) is 1.43. The maximum Gasteiger partial charge on any atom is 0.308 e. The fourth-order valence-electron chi connectivity index (χ4n) is 3.04. The number of likely N-dealkylation sites (tertiary alicyclic amines) is 1. The standard InChI is InChI=1S/C14H24N2O3/c1-19-14(18)11-6-8-16(9-7-11)10-13(17)15-12-4-2-3-5-12/h11-12H,2-10H2,1H3,(H,15,17). The van der Waals surface area contributed by atoms with Crippen LogP contribution in [0.4, 0.5) is 0 Å². The van der Waals surface area contributed by atoms with E-state index in [2.05, 4.69) is 10.2 Å². The van der Waals surface area contributed by atoms with Crippen LogP contribution in [0.15, 0.2) is 0 Å². The van der Waals surface area contributed by atoms with Crippen molar-refractivity contribution in [3.05, 3.63) is 0 Å². The van der Waals surface area contributed by atoms with Crippen LogP contribution in [0.3, 0.4) is 0 Å². The Morgan fingerprint density at radius 1 is 1.16 bits per heavy atom. The number of nitrogens with zero attached hydrogens (tertiary/aromatic N) is 1. The average Bonchev–Trinajstić information content (AvgIpc) is 2.91. The van der Waals surface area contributed by atoms with Gasteiger partial charge >= 0.3 is 5.97 Å². The van der Waals surface area contributed by atoms with E-state index in [1.165, 1.54) is 20.0 Å². The molecule has 1 amide bonds. The fourth-order valence-corrected chi connectivity index (χ4v) is 3.04. The van der Waals surface area contributed by atoms with Gasteiger partial charge in [-0.1, -0.05) is 12.8 Å². The highest BCUT2D eigenvalue weighted by molar-refractivity contribution is 5.78. The summed E-state index contributed by atoms with van der Waals surface area (Å²) >= 11 is 0. The van der Waals surface area contributed by atoms with Crippen LogP contribution < -0.4 is 5.32 Å². The Labute approximate surface area is 114 Å². The van der Waals surface area contributed by atoms with Crippen molar-refractivity contribution in [3.63, 3.8) is 0 Å². The minimum Gasteiger partial charge on any atom is -0.469 e. The van der Waals surface area contributed by atoms with Gasteiger partial charge in [-0.15, -0.1) is 0 Å². The van der Waals surface area contributed by atoms with E-state index in [9.17, 15) is 9.59 Å². The SMILES string of the molecule is COC(=O)C1CCN(CC(=O)NC2CCCC2)CC1. The summed E-state index contributed by atoms with van der Waals surface area (Å²) in [5.41, 5.74) is 0. The lowest BCUT2D eigenvalue weighted by Gasteiger charge is -2.30. The minimum atomic E-state index is -0.116. The molecule has 1 saturated heterocycles. The maximum atomic E-state index is 11.9. The van der Waals surface area contributed by atoms with Gasteiger partial charge in [0.2, 0.25) is 5.91 Å². The molecule has 2 aliphatic rings. The normalized spacial score (nSPS) is 22.4. The van der Waals surface area contributed by atoms with E-state index in [0.717, 1.165) is 38.8 Å². The molecule has 0 bridgehead atoms. The summed E-state index contributed by atoms with van der Waals surface area (Å²) in [5.74, 6) is 0.0256. The molecule has 1 aliphatic heterocycles. The third-order valence-corrected chi connectivity index (χ3v) is 4.21. The van der Waals surface area contributed by atoms with E-state index in [0.29, 0.717) is 12.6 Å². The van der Waals surface area contributed by atoms with Crippen molar-refractivity contribution in [1.82, 2.24) is 10.2 Å². The molecule has 0 unspecified atom stereocenters. The molecule has 0 aromatic carbocycles. The van der Waals surface area contributed by atoms with Crippen molar-refractivity contribution >= 4 is 11.9 Å². The Morgan fingerprint density at radius 3 is 2.37 bits per heavy atom. The predicted molar refractivity (Wildman–Crippen MR) is 71.6 cm³/mol. The van der Waals surface area contributed by atoms with E-state index >= 15 is 0 Å². The molecule has 108 valence electrons. The molecular weight excluding hydrogens is 244 g/mol. The first-order valence-electron chi connectivity index (χ1n) is 7.28. The quantitative estimate of drug-likeness (QED) is 0.771. The highest BCUT2D eigenvalue weighted by Gasteiger charge is 2.27. The molecule has 1 aliphatic carbocycles. The molecule has 5 nitrogen and oxygen atoms in total. The minimum absolute atomic E-state index is 0.0131. The van der Waals surface area contributed by atoms with Crippen molar-refractivity contribution < 1.29 is 14.3 Å². The Bertz CT molecular complexity index is 319. The molecule has 0 aromatic rings. The number of carbonyl (C=O) groups is 2. The van der Waals surface area contributed by atoms with Gasteiger partial charge in [-0.3, -0.25) is 14.5 Å². The molecule has 19 heavy (non-hydrogen) atoms. The third kappa shape index (κ3) is 4.20. The number of ether oxygens (including phenoxy) is 1. The van der Waals surface area contributed by atoms with Crippen LogP contribution in [0.1, 0.15) is 38.5 Å². The van der Waals surface area contributed by atoms with Crippen LogP contribution in [0, 0.1) is 5.92 Å². The molecule has 2 rings (SSSR count). The van der Waals surface area contributed by atoms with Gasteiger partial charge in [0.1, 0.15) is 0 Å². The van der Waals surface area contributed by atoms with Crippen molar-refractivity contribution in [2.45, 2.75) is 44.6 Å². The van der Waals surface area contributed by atoms with Crippen molar-refractivity contribution in [2.75, 3.05) is 26.7 Å². The monoisotopic (exact) mass is 268 g/mol.